The third kappa shape index (κ3) is 4.27. The lowest BCUT2D eigenvalue weighted by molar-refractivity contribution is -0.113. The Bertz CT molecular complexity index is 951. The van der Waals surface area contributed by atoms with Gasteiger partial charge in [-0.25, -0.2) is 9.67 Å². The molecular weight excluding hydrogens is 340 g/mol. The Labute approximate surface area is 147 Å². The molecule has 3 aromatic rings. The summed E-state index contributed by atoms with van der Waals surface area (Å²) in [7, 11) is 0. The van der Waals surface area contributed by atoms with Crippen molar-refractivity contribution >= 4 is 29.3 Å². The molecule has 8 nitrogen and oxygen atoms in total. The largest absolute Gasteiger partial charge is 0.383 e. The maximum atomic E-state index is 12.2. The molecular formula is C16H16N6O2S. The highest BCUT2D eigenvalue weighted by atomic mass is 32.2. The van der Waals surface area contributed by atoms with Crippen molar-refractivity contribution in [3.05, 3.63) is 58.5 Å². The molecule has 1 aromatic carbocycles. The lowest BCUT2D eigenvalue weighted by Crippen LogP contribution is -2.18. The predicted molar refractivity (Wildman–Crippen MR) is 96.9 cm³/mol. The van der Waals surface area contributed by atoms with Crippen LogP contribution in [0.15, 0.2) is 52.4 Å². The molecule has 0 aliphatic rings. The van der Waals surface area contributed by atoms with Crippen LogP contribution in [-0.4, -0.2) is 31.4 Å². The molecule has 3 rings (SSSR count). The van der Waals surface area contributed by atoms with Gasteiger partial charge in [-0.3, -0.25) is 9.59 Å². The second kappa shape index (κ2) is 7.22. The molecule has 0 saturated carbocycles. The highest BCUT2D eigenvalue weighted by Gasteiger charge is 2.12. The number of carbonyl (C=O) groups excluding carboxylic acids is 1. The van der Waals surface area contributed by atoms with Crippen LogP contribution in [0.3, 0.4) is 0 Å². The van der Waals surface area contributed by atoms with Crippen LogP contribution >= 0.6 is 11.8 Å². The topological polar surface area (TPSA) is 119 Å². The van der Waals surface area contributed by atoms with Gasteiger partial charge in [0.15, 0.2) is 5.16 Å². The number of thioether (sulfide) groups is 1. The molecule has 25 heavy (non-hydrogen) atoms. The molecule has 9 heteroatoms. The van der Waals surface area contributed by atoms with E-state index in [1.165, 1.54) is 6.07 Å². The van der Waals surface area contributed by atoms with E-state index in [0.717, 1.165) is 23.1 Å². The Balaban J connectivity index is 1.70. The lowest BCUT2D eigenvalue weighted by Gasteiger charge is -2.08. The summed E-state index contributed by atoms with van der Waals surface area (Å²) in [6.07, 6.45) is 0. The van der Waals surface area contributed by atoms with E-state index < -0.39 is 0 Å². The monoisotopic (exact) mass is 356 g/mol. The third-order valence-corrected chi connectivity index (χ3v) is 4.05. The highest BCUT2D eigenvalue weighted by molar-refractivity contribution is 7.99. The van der Waals surface area contributed by atoms with Gasteiger partial charge in [0.05, 0.1) is 17.1 Å². The van der Waals surface area contributed by atoms with E-state index >= 15 is 0 Å². The fourth-order valence-electron chi connectivity index (χ4n) is 2.19. The number of H-pyrrole nitrogens is 1. The summed E-state index contributed by atoms with van der Waals surface area (Å²) in [5.74, 6) is 0.519. The van der Waals surface area contributed by atoms with E-state index in [1.54, 1.807) is 10.7 Å². The normalized spacial score (nSPS) is 10.6. The molecule has 0 fully saturated rings. The zero-order valence-electron chi connectivity index (χ0n) is 13.4. The predicted octanol–water partition coefficient (Wildman–Crippen LogP) is 1.58. The second-order valence-corrected chi connectivity index (χ2v) is 6.19. The molecule has 128 valence electrons. The number of aromatic nitrogens is 4. The van der Waals surface area contributed by atoms with Crippen LogP contribution < -0.4 is 16.6 Å². The number of carbonyl (C=O) groups is 1. The number of para-hydroxylation sites is 1. The van der Waals surface area contributed by atoms with Crippen molar-refractivity contribution in [1.29, 1.82) is 0 Å². The number of anilines is 2. The minimum atomic E-state index is -0.354. The Morgan fingerprint density at radius 3 is 2.80 bits per heavy atom. The van der Waals surface area contributed by atoms with Crippen LogP contribution in [0.25, 0.3) is 5.69 Å². The number of rotatable bonds is 5. The van der Waals surface area contributed by atoms with Gasteiger partial charge in [-0.15, -0.1) is 0 Å². The SMILES string of the molecule is Cc1cc(NC(=O)CSc2nc(N)cc(=O)[nH]2)n(-c2ccccc2)n1. The number of benzene rings is 1. The molecule has 4 N–H and O–H groups in total. The average molecular weight is 356 g/mol. The van der Waals surface area contributed by atoms with Crippen LogP contribution in [0.5, 0.6) is 0 Å². The molecule has 0 saturated heterocycles. The van der Waals surface area contributed by atoms with Crippen molar-refractivity contribution in [2.75, 3.05) is 16.8 Å². The number of hydrogen-bond acceptors (Lipinski definition) is 6. The van der Waals surface area contributed by atoms with E-state index in [2.05, 4.69) is 20.4 Å². The standard InChI is InChI=1S/C16H16N6O2S/c1-10-7-13(22(21-10)11-5-3-2-4-6-11)19-15(24)9-25-16-18-12(17)8-14(23)20-16/h2-8H,9H2,1H3,(H,19,24)(H3,17,18,20,23). The molecule has 1 amide bonds. The van der Waals surface area contributed by atoms with Crippen LogP contribution in [0.2, 0.25) is 0 Å². The summed E-state index contributed by atoms with van der Waals surface area (Å²) < 4.78 is 1.67. The minimum Gasteiger partial charge on any atom is -0.383 e. The van der Waals surface area contributed by atoms with Gasteiger partial charge in [0.2, 0.25) is 5.91 Å². The molecule has 0 bridgehead atoms. The Morgan fingerprint density at radius 1 is 1.32 bits per heavy atom. The van der Waals surface area contributed by atoms with E-state index in [9.17, 15) is 9.59 Å². The van der Waals surface area contributed by atoms with Crippen molar-refractivity contribution in [2.24, 2.45) is 0 Å². The Kier molecular flexibility index (Phi) is 4.85. The van der Waals surface area contributed by atoms with Gasteiger partial charge < -0.3 is 16.0 Å². The zero-order chi connectivity index (χ0) is 17.8. The van der Waals surface area contributed by atoms with Crippen LogP contribution in [-0.2, 0) is 4.79 Å². The van der Waals surface area contributed by atoms with Crippen molar-refractivity contribution < 1.29 is 4.79 Å². The van der Waals surface area contributed by atoms with Crippen LogP contribution in [0, 0.1) is 6.92 Å². The third-order valence-electron chi connectivity index (χ3n) is 3.18. The van der Waals surface area contributed by atoms with Crippen molar-refractivity contribution in [2.45, 2.75) is 12.1 Å². The van der Waals surface area contributed by atoms with Gasteiger partial charge in [0.1, 0.15) is 11.6 Å². The van der Waals surface area contributed by atoms with Gasteiger partial charge in [-0.1, -0.05) is 30.0 Å². The first-order chi connectivity index (χ1) is 12.0. The van der Waals surface area contributed by atoms with E-state index in [4.69, 9.17) is 5.73 Å². The number of amides is 1. The molecule has 2 heterocycles. The second-order valence-electron chi connectivity index (χ2n) is 5.23. The molecule has 0 unspecified atom stereocenters. The maximum absolute atomic E-state index is 12.2. The number of aromatic amines is 1. The smallest absolute Gasteiger partial charge is 0.253 e. The number of nitrogens with one attached hydrogen (secondary N) is 2. The first kappa shape index (κ1) is 16.8. The molecule has 0 radical (unpaired) electrons. The maximum Gasteiger partial charge on any atom is 0.253 e. The molecule has 0 aliphatic carbocycles. The summed E-state index contributed by atoms with van der Waals surface area (Å²) in [5, 5.41) is 7.51. The molecule has 0 aliphatic heterocycles. The Morgan fingerprint density at radius 2 is 2.08 bits per heavy atom. The van der Waals surface area contributed by atoms with Gasteiger partial charge in [-0.05, 0) is 19.1 Å². The van der Waals surface area contributed by atoms with Crippen molar-refractivity contribution in [1.82, 2.24) is 19.7 Å². The number of hydrogen-bond donors (Lipinski definition) is 3. The van der Waals surface area contributed by atoms with Crippen molar-refractivity contribution in [3.63, 3.8) is 0 Å². The average Bonchev–Trinajstić information content (AvgIpc) is 2.93. The zero-order valence-corrected chi connectivity index (χ0v) is 14.2. The fourth-order valence-corrected chi connectivity index (χ4v) is 2.87. The summed E-state index contributed by atoms with van der Waals surface area (Å²) in [6, 6.07) is 12.5. The van der Waals surface area contributed by atoms with Crippen LogP contribution in [0.1, 0.15) is 5.69 Å². The van der Waals surface area contributed by atoms with Gasteiger partial charge >= 0.3 is 0 Å². The summed E-state index contributed by atoms with van der Waals surface area (Å²) in [5.41, 5.74) is 6.80. The molecule has 0 atom stereocenters. The van der Waals surface area contributed by atoms with Crippen LogP contribution in [0.4, 0.5) is 11.6 Å². The molecule has 0 spiro atoms. The van der Waals surface area contributed by atoms with Gasteiger partial charge in [0, 0.05) is 12.1 Å². The van der Waals surface area contributed by atoms with E-state index in [-0.39, 0.29) is 23.0 Å². The number of nitrogen functional groups attached to an aromatic ring is 1. The fraction of sp³-hybridized carbons (Fsp3) is 0.125. The lowest BCUT2D eigenvalue weighted by atomic mass is 10.3. The van der Waals surface area contributed by atoms with Gasteiger partial charge in [0.25, 0.3) is 5.56 Å². The first-order valence-corrected chi connectivity index (χ1v) is 8.41. The van der Waals surface area contributed by atoms with E-state index in [0.29, 0.717) is 11.0 Å². The van der Waals surface area contributed by atoms with E-state index in [1.807, 2.05) is 37.3 Å². The summed E-state index contributed by atoms with van der Waals surface area (Å²) in [6.45, 7) is 1.85. The molecule has 2 aromatic heterocycles. The number of aryl methyl sites for hydroxylation is 1. The summed E-state index contributed by atoms with van der Waals surface area (Å²) >= 11 is 1.10. The number of nitrogens with zero attached hydrogens (tertiary/aromatic N) is 3. The van der Waals surface area contributed by atoms with Crippen molar-refractivity contribution in [3.8, 4) is 5.69 Å². The first-order valence-electron chi connectivity index (χ1n) is 7.43. The Hall–Kier alpha value is -3.07. The highest BCUT2D eigenvalue weighted by Crippen LogP contribution is 2.18. The van der Waals surface area contributed by atoms with Gasteiger partial charge in [-0.2, -0.15) is 5.10 Å². The minimum absolute atomic E-state index is 0.0748. The number of nitrogens with two attached hydrogens (primary N) is 1. The quantitative estimate of drug-likeness (QED) is 0.472. The summed E-state index contributed by atoms with van der Waals surface area (Å²) in [4.78, 5) is 30.1.